The molecular formula is C13H15N3O2. The van der Waals surface area contributed by atoms with Gasteiger partial charge in [-0.15, -0.1) is 0 Å². The standard InChI is InChI=1S/C13H15N3O2/c1-7-4-8(2)12(18-3)9(5-7)11-10(6-17)13(14)16-15-11/h4-6H,1-3H3,(H3,14,15,16). The van der Waals surface area contributed by atoms with Crippen LogP contribution in [-0.2, 0) is 0 Å². The number of ether oxygens (including phenoxy) is 1. The molecule has 2 rings (SSSR count). The van der Waals surface area contributed by atoms with E-state index in [1.807, 2.05) is 26.0 Å². The van der Waals surface area contributed by atoms with Crippen molar-refractivity contribution in [2.75, 3.05) is 12.8 Å². The Hall–Kier alpha value is -2.30. The van der Waals surface area contributed by atoms with Gasteiger partial charge >= 0.3 is 0 Å². The second-order valence-corrected chi connectivity index (χ2v) is 4.18. The van der Waals surface area contributed by atoms with E-state index in [4.69, 9.17) is 10.5 Å². The van der Waals surface area contributed by atoms with Crippen LogP contribution in [0.2, 0.25) is 0 Å². The number of H-pyrrole nitrogens is 1. The van der Waals surface area contributed by atoms with E-state index in [1.165, 1.54) is 0 Å². The Balaban J connectivity index is 2.73. The molecule has 2 aromatic rings. The van der Waals surface area contributed by atoms with E-state index in [-0.39, 0.29) is 5.82 Å². The summed E-state index contributed by atoms with van der Waals surface area (Å²) in [6, 6.07) is 3.95. The topological polar surface area (TPSA) is 81.0 Å². The Morgan fingerprint density at radius 3 is 2.72 bits per heavy atom. The zero-order valence-corrected chi connectivity index (χ0v) is 10.6. The molecule has 0 aliphatic heterocycles. The SMILES string of the molecule is COc1c(C)cc(C)cc1-c1[nH]nc(N)c1C=O. The van der Waals surface area contributed by atoms with Gasteiger partial charge in [0.15, 0.2) is 12.1 Å². The molecule has 1 aromatic heterocycles. The molecular weight excluding hydrogens is 230 g/mol. The maximum atomic E-state index is 11.1. The molecule has 0 saturated heterocycles. The number of carbonyl (C=O) groups excluding carboxylic acids is 1. The third-order valence-electron chi connectivity index (χ3n) is 2.84. The summed E-state index contributed by atoms with van der Waals surface area (Å²) in [7, 11) is 1.60. The van der Waals surface area contributed by atoms with Crippen LogP contribution >= 0.6 is 0 Å². The number of nitrogens with one attached hydrogen (secondary N) is 1. The van der Waals surface area contributed by atoms with Crippen molar-refractivity contribution in [3.63, 3.8) is 0 Å². The number of hydrogen-bond donors (Lipinski definition) is 2. The number of nitrogen functional groups attached to an aromatic ring is 1. The first-order valence-corrected chi connectivity index (χ1v) is 5.53. The van der Waals surface area contributed by atoms with Crippen molar-refractivity contribution in [1.82, 2.24) is 10.2 Å². The number of aromatic amines is 1. The number of anilines is 1. The third kappa shape index (κ3) is 1.84. The fourth-order valence-corrected chi connectivity index (χ4v) is 2.10. The van der Waals surface area contributed by atoms with E-state index in [0.29, 0.717) is 23.3 Å². The van der Waals surface area contributed by atoms with Gasteiger partial charge in [-0.2, -0.15) is 5.10 Å². The van der Waals surface area contributed by atoms with Crippen LogP contribution in [0.4, 0.5) is 5.82 Å². The Labute approximate surface area is 105 Å². The maximum absolute atomic E-state index is 11.1. The average Bonchev–Trinajstić information content (AvgIpc) is 2.69. The summed E-state index contributed by atoms with van der Waals surface area (Å²) in [6.45, 7) is 3.94. The highest BCUT2D eigenvalue weighted by Crippen LogP contribution is 2.35. The highest BCUT2D eigenvalue weighted by Gasteiger charge is 2.17. The lowest BCUT2D eigenvalue weighted by atomic mass is 10.0. The van der Waals surface area contributed by atoms with E-state index in [1.54, 1.807) is 7.11 Å². The lowest BCUT2D eigenvalue weighted by Crippen LogP contribution is -1.96. The Morgan fingerprint density at radius 2 is 2.11 bits per heavy atom. The number of benzene rings is 1. The zero-order valence-electron chi connectivity index (χ0n) is 10.6. The van der Waals surface area contributed by atoms with Crippen LogP contribution < -0.4 is 10.5 Å². The van der Waals surface area contributed by atoms with Crippen LogP contribution in [0.1, 0.15) is 21.5 Å². The highest BCUT2D eigenvalue weighted by molar-refractivity contribution is 5.92. The van der Waals surface area contributed by atoms with Gasteiger partial charge in [-0.1, -0.05) is 6.07 Å². The molecule has 0 amide bonds. The van der Waals surface area contributed by atoms with Crippen LogP contribution in [0.5, 0.6) is 5.75 Å². The number of nitrogens with two attached hydrogens (primary N) is 1. The van der Waals surface area contributed by atoms with Crippen LogP contribution in [0.25, 0.3) is 11.3 Å². The summed E-state index contributed by atoms with van der Waals surface area (Å²) >= 11 is 0. The molecule has 1 heterocycles. The Morgan fingerprint density at radius 1 is 1.39 bits per heavy atom. The summed E-state index contributed by atoms with van der Waals surface area (Å²) in [6.07, 6.45) is 0.700. The van der Waals surface area contributed by atoms with Crippen LogP contribution in [0, 0.1) is 13.8 Å². The monoisotopic (exact) mass is 245 g/mol. The summed E-state index contributed by atoms with van der Waals surface area (Å²) in [4.78, 5) is 11.1. The van der Waals surface area contributed by atoms with Gasteiger partial charge in [-0.3, -0.25) is 9.89 Å². The molecule has 0 atom stereocenters. The fourth-order valence-electron chi connectivity index (χ4n) is 2.10. The lowest BCUT2D eigenvalue weighted by Gasteiger charge is -2.12. The number of nitrogens with zero attached hydrogens (tertiary/aromatic N) is 1. The van der Waals surface area contributed by atoms with Gasteiger partial charge in [0.2, 0.25) is 0 Å². The van der Waals surface area contributed by atoms with Gasteiger partial charge in [0.1, 0.15) is 5.75 Å². The van der Waals surface area contributed by atoms with Crippen molar-refractivity contribution in [2.45, 2.75) is 13.8 Å². The van der Waals surface area contributed by atoms with Crippen molar-refractivity contribution in [3.8, 4) is 17.0 Å². The normalized spacial score (nSPS) is 10.4. The molecule has 1 aromatic carbocycles. The van der Waals surface area contributed by atoms with Gasteiger partial charge in [0.05, 0.1) is 18.4 Å². The minimum atomic E-state index is 0.196. The fraction of sp³-hybridized carbons (Fsp3) is 0.231. The smallest absolute Gasteiger partial charge is 0.156 e. The molecule has 0 radical (unpaired) electrons. The predicted octanol–water partition coefficient (Wildman–Crippen LogP) is 2.10. The number of hydrogen-bond acceptors (Lipinski definition) is 4. The number of aromatic nitrogens is 2. The summed E-state index contributed by atoms with van der Waals surface area (Å²) in [5.74, 6) is 0.911. The summed E-state index contributed by atoms with van der Waals surface area (Å²) in [5.41, 5.74) is 9.46. The van der Waals surface area contributed by atoms with Crippen molar-refractivity contribution in [2.24, 2.45) is 0 Å². The Bertz CT molecular complexity index is 603. The van der Waals surface area contributed by atoms with Crippen molar-refractivity contribution in [3.05, 3.63) is 28.8 Å². The van der Waals surface area contributed by atoms with E-state index < -0.39 is 0 Å². The highest BCUT2D eigenvalue weighted by atomic mass is 16.5. The summed E-state index contributed by atoms with van der Waals surface area (Å²) < 4.78 is 5.39. The number of carbonyl (C=O) groups is 1. The number of aryl methyl sites for hydroxylation is 2. The first kappa shape index (κ1) is 12.2. The summed E-state index contributed by atoms with van der Waals surface area (Å²) in [5, 5.41) is 6.65. The van der Waals surface area contributed by atoms with Crippen LogP contribution in [0.15, 0.2) is 12.1 Å². The number of rotatable bonds is 3. The molecule has 5 heteroatoms. The van der Waals surface area contributed by atoms with Crippen molar-refractivity contribution < 1.29 is 9.53 Å². The van der Waals surface area contributed by atoms with Gasteiger partial charge in [-0.25, -0.2) is 0 Å². The van der Waals surface area contributed by atoms with Gasteiger partial charge in [0, 0.05) is 5.56 Å². The van der Waals surface area contributed by atoms with Gasteiger partial charge in [0.25, 0.3) is 0 Å². The molecule has 0 aliphatic rings. The minimum Gasteiger partial charge on any atom is -0.496 e. The van der Waals surface area contributed by atoms with Gasteiger partial charge < -0.3 is 10.5 Å². The molecule has 0 spiro atoms. The molecule has 3 N–H and O–H groups in total. The van der Waals surface area contributed by atoms with E-state index >= 15 is 0 Å². The third-order valence-corrected chi connectivity index (χ3v) is 2.84. The molecule has 0 aliphatic carbocycles. The molecule has 94 valence electrons. The zero-order chi connectivity index (χ0) is 13.3. The Kier molecular flexibility index (Phi) is 3.06. The minimum absolute atomic E-state index is 0.196. The quantitative estimate of drug-likeness (QED) is 0.811. The maximum Gasteiger partial charge on any atom is 0.156 e. The van der Waals surface area contributed by atoms with Crippen molar-refractivity contribution >= 4 is 12.1 Å². The molecule has 5 nitrogen and oxygen atoms in total. The molecule has 0 saturated carbocycles. The lowest BCUT2D eigenvalue weighted by molar-refractivity contribution is 0.112. The molecule has 0 unspecified atom stereocenters. The predicted molar refractivity (Wildman–Crippen MR) is 69.8 cm³/mol. The second kappa shape index (κ2) is 4.52. The van der Waals surface area contributed by atoms with E-state index in [2.05, 4.69) is 10.2 Å². The second-order valence-electron chi connectivity index (χ2n) is 4.18. The first-order chi connectivity index (χ1) is 8.58. The van der Waals surface area contributed by atoms with Crippen LogP contribution in [-0.4, -0.2) is 23.6 Å². The van der Waals surface area contributed by atoms with Gasteiger partial charge in [-0.05, 0) is 31.0 Å². The van der Waals surface area contributed by atoms with Crippen LogP contribution in [0.3, 0.4) is 0 Å². The average molecular weight is 245 g/mol. The molecule has 0 bridgehead atoms. The number of aldehydes is 1. The van der Waals surface area contributed by atoms with E-state index in [0.717, 1.165) is 16.7 Å². The first-order valence-electron chi connectivity index (χ1n) is 5.53. The molecule has 18 heavy (non-hydrogen) atoms. The largest absolute Gasteiger partial charge is 0.496 e. The van der Waals surface area contributed by atoms with Crippen molar-refractivity contribution in [1.29, 1.82) is 0 Å². The number of methoxy groups -OCH3 is 1. The van der Waals surface area contributed by atoms with E-state index in [9.17, 15) is 4.79 Å². The molecule has 0 fully saturated rings.